The lowest BCUT2D eigenvalue weighted by atomic mass is 10.2. The highest BCUT2D eigenvalue weighted by Crippen LogP contribution is 2.24. The fourth-order valence-electron chi connectivity index (χ4n) is 2.79. The van der Waals surface area contributed by atoms with Gasteiger partial charge in [0, 0.05) is 17.9 Å². The molecule has 0 unspecified atom stereocenters. The molecule has 0 radical (unpaired) electrons. The molecule has 4 heteroatoms. The first kappa shape index (κ1) is 13.0. The van der Waals surface area contributed by atoms with Gasteiger partial charge in [-0.05, 0) is 44.0 Å². The Morgan fingerprint density at radius 3 is 2.55 bits per heavy atom. The number of ether oxygens (including phenoxy) is 1. The van der Waals surface area contributed by atoms with E-state index in [1.807, 2.05) is 19.1 Å². The summed E-state index contributed by atoms with van der Waals surface area (Å²) in [6.07, 6.45) is 7.20. The third-order valence-electron chi connectivity index (χ3n) is 3.87. The lowest BCUT2D eigenvalue weighted by Gasteiger charge is -2.14. The smallest absolute Gasteiger partial charge is 0.207 e. The summed E-state index contributed by atoms with van der Waals surface area (Å²) in [4.78, 5) is 4.61. The van der Waals surface area contributed by atoms with E-state index in [0.717, 1.165) is 23.1 Å². The summed E-state index contributed by atoms with van der Waals surface area (Å²) < 4.78 is 7.33. The van der Waals surface area contributed by atoms with E-state index in [9.17, 15) is 0 Å². The number of methoxy groups -OCH3 is 1. The lowest BCUT2D eigenvalue weighted by molar-refractivity contribution is 0.415. The molecule has 3 rings (SSSR count). The first-order valence-electron chi connectivity index (χ1n) is 7.23. The molecular formula is C16H21N3O. The highest BCUT2D eigenvalue weighted by molar-refractivity contribution is 5.45. The molecule has 1 saturated carbocycles. The standard InChI is InChI=1S/C16H21N3O/c1-12-11-19(14-7-9-15(20-2)10-8-14)16(17-12)18-13-5-3-4-6-13/h7-11,13H,3-6H2,1-2H3,(H,17,18). The van der Waals surface area contributed by atoms with E-state index in [4.69, 9.17) is 4.74 Å². The van der Waals surface area contributed by atoms with Gasteiger partial charge < -0.3 is 10.1 Å². The van der Waals surface area contributed by atoms with E-state index in [1.54, 1.807) is 7.11 Å². The second-order valence-electron chi connectivity index (χ2n) is 5.40. The topological polar surface area (TPSA) is 39.1 Å². The molecule has 0 saturated heterocycles. The highest BCUT2D eigenvalue weighted by Gasteiger charge is 2.17. The van der Waals surface area contributed by atoms with Gasteiger partial charge in [-0.25, -0.2) is 4.98 Å². The van der Waals surface area contributed by atoms with E-state index < -0.39 is 0 Å². The first-order valence-corrected chi connectivity index (χ1v) is 7.23. The van der Waals surface area contributed by atoms with E-state index in [-0.39, 0.29) is 0 Å². The van der Waals surface area contributed by atoms with Gasteiger partial charge in [0.25, 0.3) is 0 Å². The minimum Gasteiger partial charge on any atom is -0.497 e. The van der Waals surface area contributed by atoms with Crippen LogP contribution in [0.2, 0.25) is 0 Å². The second-order valence-corrected chi connectivity index (χ2v) is 5.40. The van der Waals surface area contributed by atoms with Crippen molar-refractivity contribution < 1.29 is 4.74 Å². The third kappa shape index (κ3) is 2.64. The number of aryl methyl sites for hydroxylation is 1. The molecule has 0 bridgehead atoms. The summed E-state index contributed by atoms with van der Waals surface area (Å²) in [5, 5.41) is 3.58. The quantitative estimate of drug-likeness (QED) is 0.924. The fourth-order valence-corrected chi connectivity index (χ4v) is 2.79. The van der Waals surface area contributed by atoms with Crippen molar-refractivity contribution in [2.75, 3.05) is 12.4 Å². The predicted octanol–water partition coefficient (Wildman–Crippen LogP) is 3.54. The Morgan fingerprint density at radius 1 is 1.20 bits per heavy atom. The Bertz CT molecular complexity index is 568. The molecule has 1 heterocycles. The Balaban J connectivity index is 1.87. The maximum absolute atomic E-state index is 5.21. The van der Waals surface area contributed by atoms with Crippen molar-refractivity contribution in [3.8, 4) is 11.4 Å². The number of nitrogens with one attached hydrogen (secondary N) is 1. The number of rotatable bonds is 4. The first-order chi connectivity index (χ1) is 9.76. The van der Waals surface area contributed by atoms with Gasteiger partial charge in [0.2, 0.25) is 5.95 Å². The molecule has 1 fully saturated rings. The van der Waals surface area contributed by atoms with E-state index in [1.165, 1.54) is 25.7 Å². The monoisotopic (exact) mass is 271 g/mol. The predicted molar refractivity (Wildman–Crippen MR) is 80.7 cm³/mol. The molecule has 2 aromatic rings. The average molecular weight is 271 g/mol. The van der Waals surface area contributed by atoms with Gasteiger partial charge in [-0.15, -0.1) is 0 Å². The minimum absolute atomic E-state index is 0.564. The largest absolute Gasteiger partial charge is 0.497 e. The molecule has 0 aliphatic heterocycles. The van der Waals surface area contributed by atoms with Gasteiger partial charge in [-0.1, -0.05) is 12.8 Å². The summed E-state index contributed by atoms with van der Waals surface area (Å²) in [5.74, 6) is 1.82. The zero-order valence-electron chi connectivity index (χ0n) is 12.1. The molecule has 0 amide bonds. The van der Waals surface area contributed by atoms with Crippen molar-refractivity contribution in [1.29, 1.82) is 0 Å². The zero-order chi connectivity index (χ0) is 13.9. The van der Waals surface area contributed by atoms with Crippen LogP contribution in [0.5, 0.6) is 5.75 Å². The van der Waals surface area contributed by atoms with Crippen LogP contribution in [0.15, 0.2) is 30.5 Å². The second kappa shape index (κ2) is 5.57. The van der Waals surface area contributed by atoms with Crippen molar-refractivity contribution in [3.05, 3.63) is 36.2 Å². The average Bonchev–Trinajstić information content (AvgIpc) is 3.09. The molecule has 0 spiro atoms. The van der Waals surface area contributed by atoms with Crippen molar-refractivity contribution >= 4 is 5.95 Å². The number of aromatic nitrogens is 2. The minimum atomic E-state index is 0.564. The van der Waals surface area contributed by atoms with Crippen LogP contribution in [0.3, 0.4) is 0 Å². The summed E-state index contributed by atoms with van der Waals surface area (Å²) >= 11 is 0. The Morgan fingerprint density at radius 2 is 1.90 bits per heavy atom. The molecule has 1 aromatic carbocycles. The normalized spacial score (nSPS) is 15.5. The van der Waals surface area contributed by atoms with Gasteiger partial charge in [-0.3, -0.25) is 4.57 Å². The number of hydrogen-bond acceptors (Lipinski definition) is 3. The number of imidazole rings is 1. The van der Waals surface area contributed by atoms with Gasteiger partial charge >= 0.3 is 0 Å². The molecular weight excluding hydrogens is 250 g/mol. The fraction of sp³-hybridized carbons (Fsp3) is 0.438. The van der Waals surface area contributed by atoms with E-state index >= 15 is 0 Å². The van der Waals surface area contributed by atoms with Crippen molar-refractivity contribution in [2.45, 2.75) is 38.6 Å². The summed E-state index contributed by atoms with van der Waals surface area (Å²) in [6.45, 7) is 2.03. The van der Waals surface area contributed by atoms with Gasteiger partial charge in [0.15, 0.2) is 0 Å². The SMILES string of the molecule is COc1ccc(-n2cc(C)nc2NC2CCCC2)cc1. The van der Waals surface area contributed by atoms with Crippen LogP contribution in [0.25, 0.3) is 5.69 Å². The Labute approximate surface area is 119 Å². The van der Waals surface area contributed by atoms with Crippen LogP contribution >= 0.6 is 0 Å². The molecule has 1 aliphatic carbocycles. The van der Waals surface area contributed by atoms with Crippen molar-refractivity contribution in [3.63, 3.8) is 0 Å². The molecule has 1 aliphatic rings. The zero-order valence-corrected chi connectivity index (χ0v) is 12.1. The molecule has 20 heavy (non-hydrogen) atoms. The summed E-state index contributed by atoms with van der Waals surface area (Å²) in [6, 6.07) is 8.63. The van der Waals surface area contributed by atoms with Crippen molar-refractivity contribution in [2.24, 2.45) is 0 Å². The van der Waals surface area contributed by atoms with Gasteiger partial charge in [0.1, 0.15) is 5.75 Å². The molecule has 1 N–H and O–H groups in total. The third-order valence-corrected chi connectivity index (χ3v) is 3.87. The van der Waals surface area contributed by atoms with Crippen LogP contribution in [0.1, 0.15) is 31.4 Å². The van der Waals surface area contributed by atoms with Crippen LogP contribution < -0.4 is 10.1 Å². The maximum atomic E-state index is 5.21. The van der Waals surface area contributed by atoms with Gasteiger partial charge in [-0.2, -0.15) is 0 Å². The van der Waals surface area contributed by atoms with Gasteiger partial charge in [0.05, 0.1) is 12.8 Å². The molecule has 1 aromatic heterocycles. The summed E-state index contributed by atoms with van der Waals surface area (Å²) in [5.41, 5.74) is 2.13. The molecule has 106 valence electrons. The van der Waals surface area contributed by atoms with Crippen LogP contribution in [-0.2, 0) is 0 Å². The number of nitrogens with zero attached hydrogens (tertiary/aromatic N) is 2. The summed E-state index contributed by atoms with van der Waals surface area (Å²) in [7, 11) is 1.68. The molecule has 4 nitrogen and oxygen atoms in total. The number of benzene rings is 1. The molecule has 0 atom stereocenters. The lowest BCUT2D eigenvalue weighted by Crippen LogP contribution is -2.17. The number of hydrogen-bond donors (Lipinski definition) is 1. The maximum Gasteiger partial charge on any atom is 0.207 e. The van der Waals surface area contributed by atoms with Crippen LogP contribution in [0, 0.1) is 6.92 Å². The Kier molecular flexibility index (Phi) is 3.63. The number of anilines is 1. The van der Waals surface area contributed by atoms with E-state index in [0.29, 0.717) is 6.04 Å². The van der Waals surface area contributed by atoms with E-state index in [2.05, 4.69) is 33.2 Å². The highest BCUT2D eigenvalue weighted by atomic mass is 16.5. The van der Waals surface area contributed by atoms with Crippen molar-refractivity contribution in [1.82, 2.24) is 9.55 Å². The van der Waals surface area contributed by atoms with Crippen LogP contribution in [0.4, 0.5) is 5.95 Å². The van der Waals surface area contributed by atoms with Crippen LogP contribution in [-0.4, -0.2) is 22.7 Å². The Hall–Kier alpha value is -1.97.